The average Bonchev–Trinajstić information content (AvgIpc) is 2.59. The molecule has 0 radical (unpaired) electrons. The van der Waals surface area contributed by atoms with Gasteiger partial charge in [-0.15, -0.1) is 5.11 Å². The van der Waals surface area contributed by atoms with Crippen molar-refractivity contribution >= 4 is 42.4 Å². The fourth-order valence-corrected chi connectivity index (χ4v) is 3.68. The summed E-state index contributed by atoms with van der Waals surface area (Å²) in [6, 6.07) is 10.4. The SMILES string of the molecule is O=S(=O)(O)c1cc(O)c2c(O)c(/N=N/c3ccccc3)c(S(=O)(=O)O)cc2c1. The number of phenolic OH excluding ortho intramolecular Hbond substituents is 2. The van der Waals surface area contributed by atoms with Crippen molar-refractivity contribution in [1.82, 2.24) is 0 Å². The van der Waals surface area contributed by atoms with E-state index in [1.165, 1.54) is 0 Å². The van der Waals surface area contributed by atoms with Crippen LogP contribution in [-0.2, 0) is 20.2 Å². The van der Waals surface area contributed by atoms with Crippen molar-refractivity contribution in [2.75, 3.05) is 0 Å². The Bertz CT molecular complexity index is 1320. The van der Waals surface area contributed by atoms with Crippen molar-refractivity contribution in [2.24, 2.45) is 10.2 Å². The Morgan fingerprint density at radius 3 is 2.00 bits per heavy atom. The van der Waals surface area contributed by atoms with E-state index in [1.54, 1.807) is 30.3 Å². The van der Waals surface area contributed by atoms with Crippen molar-refractivity contribution in [1.29, 1.82) is 0 Å². The third-order valence-electron chi connectivity index (χ3n) is 3.70. The molecule has 0 bridgehead atoms. The van der Waals surface area contributed by atoms with E-state index in [-0.39, 0.29) is 10.8 Å². The Morgan fingerprint density at radius 2 is 1.43 bits per heavy atom. The summed E-state index contributed by atoms with van der Waals surface area (Å²) in [5.74, 6) is -1.62. The number of rotatable bonds is 4. The largest absolute Gasteiger partial charge is 0.507 e. The lowest BCUT2D eigenvalue weighted by molar-refractivity contribution is 0.457. The van der Waals surface area contributed by atoms with Gasteiger partial charge in [0.05, 0.1) is 16.0 Å². The first-order chi connectivity index (χ1) is 13.0. The summed E-state index contributed by atoms with van der Waals surface area (Å²) in [4.78, 5) is -1.61. The summed E-state index contributed by atoms with van der Waals surface area (Å²) in [5.41, 5.74) is -0.344. The van der Waals surface area contributed by atoms with E-state index in [4.69, 9.17) is 4.55 Å². The van der Waals surface area contributed by atoms with Crippen molar-refractivity contribution in [3.8, 4) is 11.5 Å². The van der Waals surface area contributed by atoms with Gasteiger partial charge in [0.1, 0.15) is 16.3 Å². The van der Waals surface area contributed by atoms with Gasteiger partial charge in [0.2, 0.25) is 0 Å². The highest BCUT2D eigenvalue weighted by Crippen LogP contribution is 2.45. The van der Waals surface area contributed by atoms with Crippen LogP contribution in [0.5, 0.6) is 11.5 Å². The number of aromatic hydroxyl groups is 2. The third-order valence-corrected chi connectivity index (χ3v) is 5.40. The fourth-order valence-electron chi connectivity index (χ4n) is 2.48. The predicted octanol–water partition coefficient (Wildman–Crippen LogP) is 3.16. The summed E-state index contributed by atoms with van der Waals surface area (Å²) in [7, 11) is -9.65. The van der Waals surface area contributed by atoms with Crippen LogP contribution in [0.2, 0.25) is 0 Å². The van der Waals surface area contributed by atoms with Gasteiger partial charge in [-0.05, 0) is 29.7 Å². The quantitative estimate of drug-likeness (QED) is 0.365. The van der Waals surface area contributed by atoms with E-state index < -0.39 is 47.2 Å². The molecule has 12 heteroatoms. The molecule has 0 amide bonds. The highest BCUT2D eigenvalue weighted by Gasteiger charge is 2.25. The number of hydrogen-bond acceptors (Lipinski definition) is 8. The molecule has 0 spiro atoms. The molecule has 0 fully saturated rings. The van der Waals surface area contributed by atoms with Crippen LogP contribution in [0.25, 0.3) is 10.8 Å². The third kappa shape index (κ3) is 3.80. The molecule has 0 saturated heterocycles. The van der Waals surface area contributed by atoms with Crippen LogP contribution in [0.1, 0.15) is 0 Å². The van der Waals surface area contributed by atoms with Gasteiger partial charge < -0.3 is 10.2 Å². The molecule has 146 valence electrons. The minimum absolute atomic E-state index is 0.281. The van der Waals surface area contributed by atoms with Crippen molar-refractivity contribution in [2.45, 2.75) is 9.79 Å². The highest BCUT2D eigenvalue weighted by molar-refractivity contribution is 7.86. The molecule has 4 N–H and O–H groups in total. The van der Waals surface area contributed by atoms with E-state index >= 15 is 0 Å². The summed E-state index contributed by atoms with van der Waals surface area (Å²) < 4.78 is 64.7. The molecule has 0 heterocycles. The smallest absolute Gasteiger partial charge is 0.296 e. The van der Waals surface area contributed by atoms with Crippen molar-refractivity contribution in [3.63, 3.8) is 0 Å². The molecule has 3 aromatic carbocycles. The Hall–Kier alpha value is -3.06. The number of phenols is 2. The van der Waals surface area contributed by atoms with E-state index in [9.17, 15) is 31.6 Å². The molecule has 0 atom stereocenters. The van der Waals surface area contributed by atoms with E-state index in [0.717, 1.165) is 12.1 Å². The summed E-state index contributed by atoms with van der Waals surface area (Å²) in [5, 5.41) is 27.3. The molecule has 0 aliphatic heterocycles. The lowest BCUT2D eigenvalue weighted by atomic mass is 10.1. The minimum atomic E-state index is -4.92. The summed E-state index contributed by atoms with van der Waals surface area (Å²) >= 11 is 0. The molecule has 0 aliphatic rings. The average molecular weight is 424 g/mol. The first-order valence-corrected chi connectivity index (χ1v) is 10.3. The monoisotopic (exact) mass is 424 g/mol. The Kier molecular flexibility index (Phi) is 4.81. The van der Waals surface area contributed by atoms with Crippen LogP contribution in [-0.4, -0.2) is 36.2 Å². The summed E-state index contributed by atoms with van der Waals surface area (Å²) in [6.45, 7) is 0. The van der Waals surface area contributed by atoms with Gasteiger partial charge in [0.25, 0.3) is 20.2 Å². The first-order valence-electron chi connectivity index (χ1n) is 7.43. The van der Waals surface area contributed by atoms with Crippen molar-refractivity contribution in [3.05, 3.63) is 48.5 Å². The Morgan fingerprint density at radius 1 is 0.786 bits per heavy atom. The van der Waals surface area contributed by atoms with Gasteiger partial charge in [-0.1, -0.05) is 18.2 Å². The standard InChI is InChI=1S/C16H12N2O8S2/c19-12-8-11(27(21,22)23)6-9-7-13(28(24,25)26)15(16(20)14(9)12)18-17-10-4-2-1-3-5-10/h1-8,19-20H,(H,21,22,23)(H,24,25,26)/b18-17+. The van der Waals surface area contributed by atoms with Crippen LogP contribution < -0.4 is 0 Å². The van der Waals surface area contributed by atoms with Crippen LogP contribution in [0.15, 0.2) is 68.6 Å². The second kappa shape index (κ2) is 6.83. The summed E-state index contributed by atoms with van der Waals surface area (Å²) in [6.07, 6.45) is 0. The second-order valence-electron chi connectivity index (χ2n) is 5.60. The van der Waals surface area contributed by atoms with E-state index in [2.05, 4.69) is 10.2 Å². The van der Waals surface area contributed by atoms with Crippen LogP contribution in [0.3, 0.4) is 0 Å². The maximum absolute atomic E-state index is 11.7. The Balaban J connectivity index is 2.36. The zero-order chi connectivity index (χ0) is 20.7. The zero-order valence-electron chi connectivity index (χ0n) is 13.8. The minimum Gasteiger partial charge on any atom is -0.507 e. The lowest BCUT2D eigenvalue weighted by Gasteiger charge is -2.11. The number of azo groups is 1. The maximum Gasteiger partial charge on any atom is 0.296 e. The van der Waals surface area contributed by atoms with Gasteiger partial charge in [-0.25, -0.2) is 0 Å². The molecular weight excluding hydrogens is 412 g/mol. The van der Waals surface area contributed by atoms with Crippen LogP contribution in [0.4, 0.5) is 11.4 Å². The molecule has 3 rings (SSSR count). The molecule has 10 nitrogen and oxygen atoms in total. The highest BCUT2D eigenvalue weighted by atomic mass is 32.2. The number of benzene rings is 3. The topological polar surface area (TPSA) is 174 Å². The van der Waals surface area contributed by atoms with E-state index in [1.807, 2.05) is 0 Å². The number of fused-ring (bicyclic) bond motifs is 1. The van der Waals surface area contributed by atoms with Crippen molar-refractivity contribution < 1.29 is 36.2 Å². The first kappa shape index (κ1) is 19.7. The number of hydrogen-bond donors (Lipinski definition) is 4. The molecule has 0 saturated carbocycles. The number of nitrogens with zero attached hydrogens (tertiary/aromatic N) is 2. The van der Waals surface area contributed by atoms with Crippen LogP contribution in [0, 0.1) is 0 Å². The lowest BCUT2D eigenvalue weighted by Crippen LogP contribution is -2.01. The molecule has 3 aromatic rings. The van der Waals surface area contributed by atoms with Gasteiger partial charge >= 0.3 is 0 Å². The Labute approximate surface area is 158 Å². The molecule has 0 aliphatic carbocycles. The molecule has 0 aromatic heterocycles. The van der Waals surface area contributed by atoms with E-state index in [0.29, 0.717) is 11.8 Å². The molecular formula is C16H12N2O8S2. The van der Waals surface area contributed by atoms with Gasteiger partial charge in [-0.2, -0.15) is 21.9 Å². The maximum atomic E-state index is 11.7. The van der Waals surface area contributed by atoms with Crippen LogP contribution >= 0.6 is 0 Å². The molecule has 28 heavy (non-hydrogen) atoms. The molecule has 0 unspecified atom stereocenters. The second-order valence-corrected chi connectivity index (χ2v) is 8.41. The van der Waals surface area contributed by atoms with Gasteiger partial charge in [0, 0.05) is 6.07 Å². The van der Waals surface area contributed by atoms with Gasteiger partial charge in [-0.3, -0.25) is 9.11 Å². The normalized spacial score (nSPS) is 12.6. The fraction of sp³-hybridized carbons (Fsp3) is 0. The zero-order valence-corrected chi connectivity index (χ0v) is 15.4. The predicted molar refractivity (Wildman–Crippen MR) is 97.5 cm³/mol. The van der Waals surface area contributed by atoms with Gasteiger partial charge in [0.15, 0.2) is 5.75 Å².